The summed E-state index contributed by atoms with van der Waals surface area (Å²) in [5.41, 5.74) is 0.914. The lowest BCUT2D eigenvalue weighted by Gasteiger charge is -2.09. The highest BCUT2D eigenvalue weighted by Gasteiger charge is 2.02. The Morgan fingerprint density at radius 2 is 2.00 bits per heavy atom. The summed E-state index contributed by atoms with van der Waals surface area (Å²) in [6.45, 7) is 3.53. The van der Waals surface area contributed by atoms with Crippen molar-refractivity contribution in [3.05, 3.63) is 52.6 Å². The Hall–Kier alpha value is -1.55. The molecule has 4 heteroatoms. The topological polar surface area (TPSA) is 34.1 Å². The van der Waals surface area contributed by atoms with E-state index in [1.807, 2.05) is 42.5 Å². The Kier molecular flexibility index (Phi) is 5.21. The van der Waals surface area contributed by atoms with Gasteiger partial charge in [-0.2, -0.15) is 0 Å². The van der Waals surface area contributed by atoms with E-state index < -0.39 is 0 Å². The summed E-state index contributed by atoms with van der Waals surface area (Å²) in [5.74, 6) is 1.73. The minimum atomic E-state index is 0.463. The predicted molar refractivity (Wildman–Crippen MR) is 81.5 cm³/mol. The first-order chi connectivity index (χ1) is 9.29. The molecule has 0 radical (unpaired) electrons. The van der Waals surface area contributed by atoms with E-state index >= 15 is 0 Å². The van der Waals surface area contributed by atoms with Crippen LogP contribution in [0.3, 0.4) is 0 Å². The average Bonchev–Trinajstić information content (AvgIpc) is 2.45. The number of ether oxygens (including phenoxy) is 1. The molecule has 1 heterocycles. The Bertz CT molecular complexity index is 531. The third-order valence-electron chi connectivity index (χ3n) is 2.58. The van der Waals surface area contributed by atoms with E-state index in [2.05, 4.69) is 33.2 Å². The average molecular weight is 321 g/mol. The molecule has 0 aliphatic heterocycles. The zero-order valence-corrected chi connectivity index (χ0v) is 12.5. The highest BCUT2D eigenvalue weighted by atomic mass is 79.9. The van der Waals surface area contributed by atoms with Crippen molar-refractivity contribution < 1.29 is 4.74 Å². The molecule has 1 N–H and O–H groups in total. The Balaban J connectivity index is 1.98. The van der Waals surface area contributed by atoms with Gasteiger partial charge in [0.15, 0.2) is 0 Å². The summed E-state index contributed by atoms with van der Waals surface area (Å²) in [6.07, 6.45) is 1.08. The number of anilines is 1. The number of nitrogens with one attached hydrogen (secondary N) is 1. The van der Waals surface area contributed by atoms with E-state index in [1.165, 1.54) is 0 Å². The van der Waals surface area contributed by atoms with Crippen LogP contribution in [-0.2, 0) is 6.61 Å². The number of rotatable bonds is 6. The van der Waals surface area contributed by atoms with Gasteiger partial charge in [0.2, 0.25) is 0 Å². The first-order valence-electron chi connectivity index (χ1n) is 6.36. The lowest BCUT2D eigenvalue weighted by molar-refractivity contribution is 0.299. The van der Waals surface area contributed by atoms with Crippen molar-refractivity contribution >= 4 is 21.7 Å². The summed E-state index contributed by atoms with van der Waals surface area (Å²) in [6, 6.07) is 13.7. The number of pyridine rings is 1. The normalized spacial score (nSPS) is 10.2. The van der Waals surface area contributed by atoms with Crippen molar-refractivity contribution in [1.82, 2.24) is 4.98 Å². The molecule has 0 saturated carbocycles. The molecule has 0 saturated heterocycles. The highest BCUT2D eigenvalue weighted by molar-refractivity contribution is 9.10. The van der Waals surface area contributed by atoms with Crippen LogP contribution in [0.15, 0.2) is 46.9 Å². The van der Waals surface area contributed by atoms with Gasteiger partial charge >= 0.3 is 0 Å². The van der Waals surface area contributed by atoms with Crippen molar-refractivity contribution in [2.45, 2.75) is 20.0 Å². The van der Waals surface area contributed by atoms with Crippen LogP contribution in [0.2, 0.25) is 0 Å². The summed E-state index contributed by atoms with van der Waals surface area (Å²) in [5, 5.41) is 3.27. The molecule has 0 spiro atoms. The molecule has 0 atom stereocenters. The molecule has 0 aliphatic carbocycles. The lowest BCUT2D eigenvalue weighted by Crippen LogP contribution is -2.05. The Morgan fingerprint density at radius 1 is 1.16 bits per heavy atom. The van der Waals surface area contributed by atoms with E-state index in [1.54, 1.807) is 0 Å². The van der Waals surface area contributed by atoms with Gasteiger partial charge in [0.05, 0.1) is 10.2 Å². The summed E-state index contributed by atoms with van der Waals surface area (Å²) < 4.78 is 6.70. The van der Waals surface area contributed by atoms with Gasteiger partial charge < -0.3 is 10.1 Å². The van der Waals surface area contributed by atoms with Gasteiger partial charge in [-0.15, -0.1) is 0 Å². The monoisotopic (exact) mass is 320 g/mol. The van der Waals surface area contributed by atoms with Crippen molar-refractivity contribution in [1.29, 1.82) is 0 Å². The molecule has 3 nitrogen and oxygen atoms in total. The van der Waals surface area contributed by atoms with Crippen LogP contribution in [-0.4, -0.2) is 11.5 Å². The molecular formula is C15H17BrN2O. The predicted octanol–water partition coefficient (Wildman–Crippen LogP) is 4.25. The highest BCUT2D eigenvalue weighted by Crippen LogP contribution is 2.24. The van der Waals surface area contributed by atoms with Crippen molar-refractivity contribution in [2.24, 2.45) is 0 Å². The third-order valence-corrected chi connectivity index (χ3v) is 3.23. The lowest BCUT2D eigenvalue weighted by atomic mass is 10.3. The Labute approximate surface area is 122 Å². The second kappa shape index (κ2) is 7.14. The minimum absolute atomic E-state index is 0.463. The molecule has 2 aromatic rings. The van der Waals surface area contributed by atoms with Crippen LogP contribution >= 0.6 is 15.9 Å². The van der Waals surface area contributed by atoms with E-state index in [4.69, 9.17) is 4.74 Å². The Morgan fingerprint density at radius 3 is 2.79 bits per heavy atom. The number of para-hydroxylation sites is 1. The maximum Gasteiger partial charge on any atom is 0.134 e. The first-order valence-corrected chi connectivity index (χ1v) is 7.16. The van der Waals surface area contributed by atoms with Crippen LogP contribution in [0.4, 0.5) is 5.82 Å². The van der Waals surface area contributed by atoms with Crippen LogP contribution in [0, 0.1) is 0 Å². The molecule has 0 fully saturated rings. The molecular weight excluding hydrogens is 304 g/mol. The van der Waals surface area contributed by atoms with Gasteiger partial charge in [0.25, 0.3) is 0 Å². The quantitative estimate of drug-likeness (QED) is 0.864. The molecule has 0 amide bonds. The largest absolute Gasteiger partial charge is 0.486 e. The zero-order chi connectivity index (χ0) is 13.5. The number of halogens is 1. The SMILES string of the molecule is CCCNc1cccc(COc2ccccc2Br)n1. The zero-order valence-electron chi connectivity index (χ0n) is 10.9. The summed E-state index contributed by atoms with van der Waals surface area (Å²) >= 11 is 3.46. The third kappa shape index (κ3) is 4.24. The fraction of sp³-hybridized carbons (Fsp3) is 0.267. The molecule has 0 unspecified atom stereocenters. The second-order valence-electron chi connectivity index (χ2n) is 4.16. The first kappa shape index (κ1) is 13.9. The standard InChI is InChI=1S/C15H17BrN2O/c1-2-10-17-15-9-5-6-12(18-15)11-19-14-8-4-3-7-13(14)16/h3-9H,2,10-11H2,1H3,(H,17,18). The fourth-order valence-corrected chi connectivity index (χ4v) is 2.02. The molecule has 1 aromatic carbocycles. The second-order valence-corrected chi connectivity index (χ2v) is 5.01. The van der Waals surface area contributed by atoms with Gasteiger partial charge in [-0.3, -0.25) is 0 Å². The van der Waals surface area contributed by atoms with Gasteiger partial charge in [-0.1, -0.05) is 25.1 Å². The smallest absolute Gasteiger partial charge is 0.134 e. The molecule has 0 bridgehead atoms. The van der Waals surface area contributed by atoms with Crippen molar-refractivity contribution in [3.63, 3.8) is 0 Å². The molecule has 1 aromatic heterocycles. The van der Waals surface area contributed by atoms with Gasteiger partial charge in [-0.05, 0) is 46.6 Å². The van der Waals surface area contributed by atoms with E-state index in [0.29, 0.717) is 6.61 Å². The van der Waals surface area contributed by atoms with E-state index in [9.17, 15) is 0 Å². The van der Waals surface area contributed by atoms with Crippen LogP contribution < -0.4 is 10.1 Å². The summed E-state index contributed by atoms with van der Waals surface area (Å²) in [4.78, 5) is 4.50. The van der Waals surface area contributed by atoms with Gasteiger partial charge in [-0.25, -0.2) is 4.98 Å². The van der Waals surface area contributed by atoms with Crippen LogP contribution in [0.25, 0.3) is 0 Å². The maximum absolute atomic E-state index is 5.75. The molecule has 100 valence electrons. The van der Waals surface area contributed by atoms with Gasteiger partial charge in [0, 0.05) is 6.54 Å². The number of hydrogen-bond donors (Lipinski definition) is 1. The fourth-order valence-electron chi connectivity index (χ4n) is 1.62. The van der Waals surface area contributed by atoms with E-state index in [0.717, 1.165) is 34.7 Å². The van der Waals surface area contributed by atoms with Crippen molar-refractivity contribution in [3.8, 4) is 5.75 Å². The van der Waals surface area contributed by atoms with Crippen LogP contribution in [0.1, 0.15) is 19.0 Å². The summed E-state index contributed by atoms with van der Waals surface area (Å²) in [7, 11) is 0. The molecule has 0 aliphatic rings. The number of hydrogen-bond acceptors (Lipinski definition) is 3. The van der Waals surface area contributed by atoms with E-state index in [-0.39, 0.29) is 0 Å². The maximum atomic E-state index is 5.75. The van der Waals surface area contributed by atoms with Crippen molar-refractivity contribution in [2.75, 3.05) is 11.9 Å². The number of benzene rings is 1. The van der Waals surface area contributed by atoms with Crippen LogP contribution in [0.5, 0.6) is 5.75 Å². The minimum Gasteiger partial charge on any atom is -0.486 e. The number of aromatic nitrogens is 1. The molecule has 2 rings (SSSR count). The number of nitrogens with zero attached hydrogens (tertiary/aromatic N) is 1. The molecule has 19 heavy (non-hydrogen) atoms. The van der Waals surface area contributed by atoms with Gasteiger partial charge in [0.1, 0.15) is 18.2 Å².